The zero-order chi connectivity index (χ0) is 12.3. The molecular weight excluding hydrogens is 230 g/mol. The summed E-state index contributed by atoms with van der Waals surface area (Å²) in [5.41, 5.74) is 2.42. The predicted octanol–water partition coefficient (Wildman–Crippen LogP) is 2.13. The summed E-state index contributed by atoms with van der Waals surface area (Å²) in [6.45, 7) is 7.73. The van der Waals surface area contributed by atoms with Gasteiger partial charge in [0.15, 0.2) is 0 Å². The highest BCUT2D eigenvalue weighted by atomic mass is 32.2. The van der Waals surface area contributed by atoms with Gasteiger partial charge in [-0.1, -0.05) is 13.8 Å². The van der Waals surface area contributed by atoms with Crippen LogP contribution in [0.2, 0.25) is 0 Å². The normalized spacial score (nSPS) is 25.0. The minimum Gasteiger partial charge on any atom is -0.369 e. The van der Waals surface area contributed by atoms with Crippen molar-refractivity contribution in [2.75, 3.05) is 25.0 Å². The first-order chi connectivity index (χ1) is 8.19. The van der Waals surface area contributed by atoms with Crippen LogP contribution in [0.4, 0.5) is 5.69 Å². The molecule has 2 unspecified atom stereocenters. The van der Waals surface area contributed by atoms with Crippen molar-refractivity contribution >= 4 is 17.4 Å². The van der Waals surface area contributed by atoms with Crippen molar-refractivity contribution in [3.63, 3.8) is 0 Å². The molecular formula is C13H21N3S. The molecule has 0 spiro atoms. The molecule has 2 rings (SSSR count). The number of thioether (sulfide) groups is 1. The third-order valence-electron chi connectivity index (χ3n) is 2.94. The lowest BCUT2D eigenvalue weighted by atomic mass is 10.2. The van der Waals surface area contributed by atoms with Gasteiger partial charge >= 0.3 is 0 Å². The average molecular weight is 251 g/mol. The van der Waals surface area contributed by atoms with Gasteiger partial charge in [-0.15, -0.1) is 0 Å². The molecule has 94 valence electrons. The third-order valence-corrected chi connectivity index (χ3v) is 4.17. The Morgan fingerprint density at radius 1 is 1.41 bits per heavy atom. The maximum Gasteiger partial charge on any atom is 0.0562 e. The first-order valence-electron chi connectivity index (χ1n) is 6.19. The summed E-state index contributed by atoms with van der Waals surface area (Å²) in [5, 5.41) is 4.56. The van der Waals surface area contributed by atoms with Crippen LogP contribution in [0.15, 0.2) is 18.3 Å². The lowest BCUT2D eigenvalue weighted by Gasteiger charge is -2.36. The molecule has 1 aromatic rings. The summed E-state index contributed by atoms with van der Waals surface area (Å²) < 4.78 is 0. The van der Waals surface area contributed by atoms with Crippen LogP contribution < -0.4 is 10.2 Å². The molecule has 0 aromatic carbocycles. The maximum absolute atomic E-state index is 4.37. The molecule has 1 fully saturated rings. The van der Waals surface area contributed by atoms with Gasteiger partial charge in [-0.05, 0) is 19.2 Å². The van der Waals surface area contributed by atoms with Gasteiger partial charge in [0.2, 0.25) is 0 Å². The fourth-order valence-corrected chi connectivity index (χ4v) is 3.65. The predicted molar refractivity (Wildman–Crippen MR) is 75.7 cm³/mol. The van der Waals surface area contributed by atoms with Crippen LogP contribution in [0.25, 0.3) is 0 Å². The zero-order valence-electron chi connectivity index (χ0n) is 10.8. The first-order valence-corrected chi connectivity index (χ1v) is 7.13. The maximum atomic E-state index is 4.37. The van der Waals surface area contributed by atoms with E-state index in [4.69, 9.17) is 0 Å². The molecule has 0 saturated carbocycles. The van der Waals surface area contributed by atoms with Crippen molar-refractivity contribution < 1.29 is 0 Å². The second-order valence-corrected chi connectivity index (χ2v) is 6.58. The Kier molecular flexibility index (Phi) is 4.29. The van der Waals surface area contributed by atoms with Crippen LogP contribution >= 0.6 is 11.8 Å². The van der Waals surface area contributed by atoms with Crippen LogP contribution in [0.1, 0.15) is 19.5 Å². The summed E-state index contributed by atoms with van der Waals surface area (Å²) >= 11 is 2.08. The van der Waals surface area contributed by atoms with E-state index in [0.29, 0.717) is 10.5 Å². The molecule has 0 aliphatic carbocycles. The largest absolute Gasteiger partial charge is 0.369 e. The van der Waals surface area contributed by atoms with Crippen LogP contribution in [-0.2, 0) is 6.54 Å². The highest BCUT2D eigenvalue weighted by Gasteiger charge is 2.22. The van der Waals surface area contributed by atoms with E-state index in [-0.39, 0.29) is 0 Å². The minimum atomic E-state index is 0.708. The number of hydrogen-bond acceptors (Lipinski definition) is 4. The molecule has 1 aliphatic heterocycles. The van der Waals surface area contributed by atoms with Gasteiger partial charge < -0.3 is 10.2 Å². The summed E-state index contributed by atoms with van der Waals surface area (Å²) in [5.74, 6) is 0. The fraction of sp³-hybridized carbons (Fsp3) is 0.615. The highest BCUT2D eigenvalue weighted by Crippen LogP contribution is 2.28. The van der Waals surface area contributed by atoms with Crippen LogP contribution in [0.3, 0.4) is 0 Å². The van der Waals surface area contributed by atoms with E-state index in [1.54, 1.807) is 0 Å². The number of nitrogens with zero attached hydrogens (tertiary/aromatic N) is 2. The molecule has 0 bridgehead atoms. The van der Waals surface area contributed by atoms with E-state index < -0.39 is 0 Å². The van der Waals surface area contributed by atoms with Gasteiger partial charge in [-0.2, -0.15) is 11.8 Å². The Morgan fingerprint density at radius 3 is 2.76 bits per heavy atom. The number of nitrogens with one attached hydrogen (secondary N) is 1. The van der Waals surface area contributed by atoms with E-state index in [9.17, 15) is 0 Å². The fourth-order valence-electron chi connectivity index (χ4n) is 2.33. The standard InChI is InChI=1S/C13H21N3S/c1-10-8-16(9-11(2)17-10)13-4-5-15-12(6-13)7-14-3/h4-6,10-11,14H,7-9H2,1-3H3. The van der Waals surface area contributed by atoms with Crippen molar-refractivity contribution in [2.45, 2.75) is 30.9 Å². The number of aromatic nitrogens is 1. The van der Waals surface area contributed by atoms with Gasteiger partial charge in [-0.25, -0.2) is 0 Å². The van der Waals surface area contributed by atoms with Crippen LogP contribution in [-0.4, -0.2) is 35.6 Å². The van der Waals surface area contributed by atoms with Crippen molar-refractivity contribution in [3.8, 4) is 0 Å². The molecule has 3 nitrogen and oxygen atoms in total. The summed E-state index contributed by atoms with van der Waals surface area (Å²) in [6, 6.07) is 4.32. The highest BCUT2D eigenvalue weighted by molar-refractivity contribution is 8.00. The average Bonchev–Trinajstić information content (AvgIpc) is 2.28. The van der Waals surface area contributed by atoms with E-state index in [1.807, 2.05) is 13.2 Å². The van der Waals surface area contributed by atoms with Crippen molar-refractivity contribution in [1.29, 1.82) is 0 Å². The number of rotatable bonds is 3. The Morgan fingerprint density at radius 2 is 2.12 bits per heavy atom. The molecule has 0 radical (unpaired) electrons. The van der Waals surface area contributed by atoms with E-state index >= 15 is 0 Å². The third kappa shape index (κ3) is 3.36. The topological polar surface area (TPSA) is 28.2 Å². The molecule has 17 heavy (non-hydrogen) atoms. The second-order valence-electron chi connectivity index (χ2n) is 4.70. The molecule has 1 saturated heterocycles. The van der Waals surface area contributed by atoms with Crippen molar-refractivity contribution in [1.82, 2.24) is 10.3 Å². The quantitative estimate of drug-likeness (QED) is 0.891. The van der Waals surface area contributed by atoms with E-state index in [1.165, 1.54) is 5.69 Å². The minimum absolute atomic E-state index is 0.708. The monoisotopic (exact) mass is 251 g/mol. The number of hydrogen-bond donors (Lipinski definition) is 1. The van der Waals surface area contributed by atoms with Gasteiger partial charge in [0.25, 0.3) is 0 Å². The lowest BCUT2D eigenvalue weighted by molar-refractivity contribution is 0.724. The van der Waals surface area contributed by atoms with Gasteiger partial charge in [0.1, 0.15) is 0 Å². The smallest absolute Gasteiger partial charge is 0.0562 e. The van der Waals surface area contributed by atoms with Gasteiger partial charge in [0.05, 0.1) is 5.69 Å². The van der Waals surface area contributed by atoms with E-state index in [2.05, 4.69) is 52.9 Å². The summed E-state index contributed by atoms with van der Waals surface area (Å²) in [7, 11) is 1.95. The number of pyridine rings is 1. The van der Waals surface area contributed by atoms with Crippen LogP contribution in [0, 0.1) is 0 Å². The SMILES string of the molecule is CNCc1cc(N2CC(C)SC(C)C2)ccn1. The van der Waals surface area contributed by atoms with Crippen molar-refractivity contribution in [2.24, 2.45) is 0 Å². The Bertz CT molecular complexity index is 359. The molecule has 0 amide bonds. The van der Waals surface area contributed by atoms with Crippen molar-refractivity contribution in [3.05, 3.63) is 24.0 Å². The van der Waals surface area contributed by atoms with Crippen LogP contribution in [0.5, 0.6) is 0 Å². The first kappa shape index (κ1) is 12.7. The molecule has 2 heterocycles. The Labute approximate surface area is 108 Å². The Hall–Kier alpha value is -0.740. The lowest BCUT2D eigenvalue weighted by Crippen LogP contribution is -2.40. The second kappa shape index (κ2) is 5.74. The molecule has 4 heteroatoms. The molecule has 1 aromatic heterocycles. The summed E-state index contributed by atoms with van der Waals surface area (Å²) in [6.07, 6.45) is 1.92. The number of anilines is 1. The summed E-state index contributed by atoms with van der Waals surface area (Å²) in [4.78, 5) is 6.85. The zero-order valence-corrected chi connectivity index (χ0v) is 11.6. The molecule has 1 N–H and O–H groups in total. The Balaban J connectivity index is 2.12. The molecule has 2 atom stereocenters. The van der Waals surface area contributed by atoms with Gasteiger partial charge in [0, 0.05) is 42.0 Å². The van der Waals surface area contributed by atoms with E-state index in [0.717, 1.165) is 25.3 Å². The molecule has 1 aliphatic rings. The van der Waals surface area contributed by atoms with Gasteiger partial charge in [-0.3, -0.25) is 4.98 Å².